The summed E-state index contributed by atoms with van der Waals surface area (Å²) in [7, 11) is 3.75. The maximum absolute atomic E-state index is 11.9. The average molecular weight is 1220 g/mol. The third kappa shape index (κ3) is 86.6. The molecule has 0 bridgehead atoms. The Labute approximate surface area is 530 Å². The monoisotopic (exact) mass is 1210 g/mol. The van der Waals surface area contributed by atoms with E-state index < -0.39 is 0 Å². The molecular weight excluding hydrogens is 1070 g/mol. The molecule has 0 aliphatic carbocycles. The number of hydrogen-bond donors (Lipinski definition) is 1. The number of nitrogens with one attached hydrogen (secondary N) is 1. The van der Waals surface area contributed by atoms with Crippen LogP contribution in [0.1, 0.15) is 413 Å². The Hall–Kier alpha value is -1.87. The molecule has 0 spiro atoms. The molecule has 0 saturated heterocycles. The summed E-state index contributed by atoms with van der Waals surface area (Å²) in [5.41, 5.74) is 0. The molecule has 0 aromatic carbocycles. The second-order valence-electron chi connectivity index (χ2n) is 24.8. The molecule has 0 aliphatic heterocycles. The number of esters is 4. The quantitative estimate of drug-likeness (QED) is 0.0361. The SMILES string of the molecule is CCCCCCCCCCCCCCCCC(=O)OCCOC(=O)CCCCCCCCCCCCCCCC.CCCCCCCCCCCCCCCCC(=O)OCCOC(=O)CCCCCCCCCCCCCCCC.CNC.Cl. The molecule has 504 valence electrons. The van der Waals surface area contributed by atoms with Gasteiger partial charge in [-0.1, -0.05) is 362 Å². The van der Waals surface area contributed by atoms with Crippen LogP contribution in [0.25, 0.3) is 0 Å². The van der Waals surface area contributed by atoms with Crippen molar-refractivity contribution in [2.24, 2.45) is 0 Å². The topological polar surface area (TPSA) is 117 Å². The smallest absolute Gasteiger partial charge is 0.305 e. The van der Waals surface area contributed by atoms with Crippen molar-refractivity contribution in [1.82, 2.24) is 5.32 Å². The van der Waals surface area contributed by atoms with Crippen molar-refractivity contribution in [3.63, 3.8) is 0 Å². The van der Waals surface area contributed by atoms with Crippen molar-refractivity contribution in [1.29, 1.82) is 0 Å². The second-order valence-corrected chi connectivity index (χ2v) is 24.8. The number of hydrogen-bond acceptors (Lipinski definition) is 9. The van der Waals surface area contributed by atoms with Gasteiger partial charge in [0.25, 0.3) is 0 Å². The largest absolute Gasteiger partial charge is 0.462 e. The Balaban J connectivity index is -0.000000719. The molecule has 0 amide bonds. The van der Waals surface area contributed by atoms with E-state index in [-0.39, 0.29) is 62.7 Å². The van der Waals surface area contributed by atoms with Crippen molar-refractivity contribution in [2.45, 2.75) is 413 Å². The normalized spacial score (nSPS) is 10.8. The Morgan fingerprint density at radius 1 is 0.202 bits per heavy atom. The van der Waals surface area contributed by atoms with Crippen LogP contribution in [0.3, 0.4) is 0 Å². The van der Waals surface area contributed by atoms with Crippen LogP contribution in [0.4, 0.5) is 0 Å². The van der Waals surface area contributed by atoms with Gasteiger partial charge < -0.3 is 24.3 Å². The van der Waals surface area contributed by atoms with Crippen molar-refractivity contribution in [3.05, 3.63) is 0 Å². The molecule has 1 N–H and O–H groups in total. The van der Waals surface area contributed by atoms with E-state index in [0.29, 0.717) is 25.7 Å². The first-order valence-corrected chi connectivity index (χ1v) is 37.0. The van der Waals surface area contributed by atoms with E-state index in [2.05, 4.69) is 33.0 Å². The van der Waals surface area contributed by atoms with Crippen LogP contribution in [-0.2, 0) is 38.1 Å². The second kappa shape index (κ2) is 83.2. The minimum Gasteiger partial charge on any atom is -0.462 e. The molecule has 0 heterocycles. The van der Waals surface area contributed by atoms with E-state index in [9.17, 15) is 19.2 Å². The summed E-state index contributed by atoms with van der Waals surface area (Å²) >= 11 is 0. The summed E-state index contributed by atoms with van der Waals surface area (Å²) in [6.07, 6.45) is 75.2. The highest BCUT2D eigenvalue weighted by Gasteiger charge is 2.08. The van der Waals surface area contributed by atoms with Crippen molar-refractivity contribution in [2.75, 3.05) is 40.5 Å². The lowest BCUT2D eigenvalue weighted by Crippen LogP contribution is -2.13. The summed E-state index contributed by atoms with van der Waals surface area (Å²) in [4.78, 5) is 47.5. The van der Waals surface area contributed by atoms with E-state index >= 15 is 0 Å². The van der Waals surface area contributed by atoms with Crippen LogP contribution in [0.2, 0.25) is 0 Å². The first-order chi connectivity index (χ1) is 40.8. The zero-order valence-electron chi connectivity index (χ0n) is 57.4. The van der Waals surface area contributed by atoms with Gasteiger partial charge in [-0.05, 0) is 39.8 Å². The first-order valence-electron chi connectivity index (χ1n) is 37.0. The van der Waals surface area contributed by atoms with Gasteiger partial charge in [0, 0.05) is 25.7 Å². The number of rotatable bonds is 66. The predicted molar refractivity (Wildman–Crippen MR) is 366 cm³/mol. The van der Waals surface area contributed by atoms with Crippen LogP contribution in [0.15, 0.2) is 0 Å². The van der Waals surface area contributed by atoms with Gasteiger partial charge in [0.2, 0.25) is 0 Å². The summed E-state index contributed by atoms with van der Waals surface area (Å²) in [5, 5.41) is 2.75. The number of carbonyl (C=O) groups excluding carboxylic acids is 4. The Morgan fingerprint density at radius 3 is 0.405 bits per heavy atom. The summed E-state index contributed by atoms with van der Waals surface area (Å²) in [5.74, 6) is -0.659. The van der Waals surface area contributed by atoms with Gasteiger partial charge in [0.05, 0.1) is 0 Å². The fourth-order valence-electron chi connectivity index (χ4n) is 10.8. The molecule has 0 fully saturated rings. The predicted octanol–water partition coefficient (Wildman–Crippen LogP) is 23.9. The van der Waals surface area contributed by atoms with Crippen LogP contribution >= 0.6 is 12.4 Å². The number of halogens is 1. The fraction of sp³-hybridized carbons (Fsp3) is 0.946. The van der Waals surface area contributed by atoms with E-state index in [1.54, 1.807) is 0 Å². The van der Waals surface area contributed by atoms with Crippen LogP contribution < -0.4 is 5.32 Å². The van der Waals surface area contributed by atoms with E-state index in [4.69, 9.17) is 18.9 Å². The molecule has 10 heteroatoms. The molecule has 0 saturated carbocycles. The van der Waals surface area contributed by atoms with Crippen LogP contribution in [-0.4, -0.2) is 64.4 Å². The molecule has 84 heavy (non-hydrogen) atoms. The average Bonchev–Trinajstić information content (AvgIpc) is 3.48. The highest BCUT2D eigenvalue weighted by molar-refractivity contribution is 5.85. The van der Waals surface area contributed by atoms with Gasteiger partial charge in [-0.3, -0.25) is 19.2 Å². The maximum Gasteiger partial charge on any atom is 0.305 e. The minimum absolute atomic E-state index is 0. The zero-order chi connectivity index (χ0) is 61.1. The summed E-state index contributed by atoms with van der Waals surface area (Å²) < 4.78 is 20.9. The first kappa shape index (κ1) is 88.6. The number of carbonyl (C=O) groups is 4. The highest BCUT2D eigenvalue weighted by Crippen LogP contribution is 2.18. The van der Waals surface area contributed by atoms with Gasteiger partial charge in [-0.2, -0.15) is 0 Å². The number of ether oxygens (including phenoxy) is 4. The molecular formula is C74H148ClNO8. The van der Waals surface area contributed by atoms with E-state index in [1.165, 1.54) is 308 Å². The van der Waals surface area contributed by atoms with Gasteiger partial charge in [-0.15, -0.1) is 12.4 Å². The van der Waals surface area contributed by atoms with Crippen LogP contribution in [0, 0.1) is 0 Å². The molecule has 0 rings (SSSR count). The van der Waals surface area contributed by atoms with Gasteiger partial charge in [-0.25, -0.2) is 0 Å². The van der Waals surface area contributed by atoms with E-state index in [0.717, 1.165) is 51.4 Å². The lowest BCUT2D eigenvalue weighted by molar-refractivity contribution is -0.152. The Morgan fingerprint density at radius 2 is 0.298 bits per heavy atom. The Bertz CT molecular complexity index is 1070. The lowest BCUT2D eigenvalue weighted by Gasteiger charge is -2.07. The third-order valence-corrected chi connectivity index (χ3v) is 16.2. The minimum atomic E-state index is -0.165. The highest BCUT2D eigenvalue weighted by atomic mass is 35.5. The summed E-state index contributed by atoms with van der Waals surface area (Å²) in [6.45, 7) is 9.82. The standard InChI is InChI=1S/2C36H70O4.C2H7N.ClH/c2*1-3-5-7-9-11-13-15-17-19-21-23-25-27-29-31-35(37)39-33-34-40-36(38)32-30-28-26-24-22-20-18-16-14-12-10-8-6-4-2;1-3-2;/h2*3-34H2,1-2H3;3H,1-2H3;1H. The van der Waals surface area contributed by atoms with E-state index in [1.807, 2.05) is 14.1 Å². The fourth-order valence-corrected chi connectivity index (χ4v) is 10.8. The molecule has 0 unspecified atom stereocenters. The van der Waals surface area contributed by atoms with Gasteiger partial charge >= 0.3 is 23.9 Å². The van der Waals surface area contributed by atoms with Gasteiger partial charge in [0.1, 0.15) is 26.4 Å². The molecule has 0 atom stereocenters. The maximum atomic E-state index is 11.9. The third-order valence-electron chi connectivity index (χ3n) is 16.2. The van der Waals surface area contributed by atoms with Crippen molar-refractivity contribution >= 4 is 36.3 Å². The molecule has 0 aliphatic rings. The molecule has 0 aromatic rings. The lowest BCUT2D eigenvalue weighted by atomic mass is 10.0. The Kier molecular flexibility index (Phi) is 87.7. The van der Waals surface area contributed by atoms with Gasteiger partial charge in [0.15, 0.2) is 0 Å². The molecule has 0 radical (unpaired) electrons. The summed E-state index contributed by atoms with van der Waals surface area (Å²) in [6, 6.07) is 0. The van der Waals surface area contributed by atoms with Crippen LogP contribution in [0.5, 0.6) is 0 Å². The van der Waals surface area contributed by atoms with Crippen molar-refractivity contribution in [3.8, 4) is 0 Å². The molecule has 9 nitrogen and oxygen atoms in total. The number of unbranched alkanes of at least 4 members (excludes halogenated alkanes) is 52. The zero-order valence-corrected chi connectivity index (χ0v) is 58.2. The molecule has 0 aromatic heterocycles. The van der Waals surface area contributed by atoms with Crippen molar-refractivity contribution < 1.29 is 38.1 Å².